The number of benzene rings is 5. The Morgan fingerprint density at radius 3 is 1.90 bits per heavy atom. The second-order valence-corrected chi connectivity index (χ2v) is 12.0. The number of nitrogens with zero attached hydrogens (tertiary/aromatic N) is 3. The minimum absolute atomic E-state index is 0.0391. The zero-order valence-corrected chi connectivity index (χ0v) is 23.0. The fourth-order valence-electron chi connectivity index (χ4n) is 6.07. The molecule has 3 nitrogen and oxygen atoms in total. The summed E-state index contributed by atoms with van der Waals surface area (Å²) in [6.45, 7) is 4.60. The van der Waals surface area contributed by atoms with Crippen LogP contribution < -0.4 is 0 Å². The third-order valence-corrected chi connectivity index (χ3v) is 9.30. The summed E-state index contributed by atoms with van der Waals surface area (Å²) in [4.78, 5) is 15.1. The highest BCUT2D eigenvalue weighted by Gasteiger charge is 2.35. The smallest absolute Gasteiger partial charge is 0.164 e. The molecular formula is C36H25N3S. The first-order chi connectivity index (χ1) is 19.6. The van der Waals surface area contributed by atoms with Crippen molar-refractivity contribution in [2.45, 2.75) is 19.3 Å². The highest BCUT2D eigenvalue weighted by Crippen LogP contribution is 2.49. The molecule has 0 fully saturated rings. The molecule has 0 saturated heterocycles. The lowest BCUT2D eigenvalue weighted by molar-refractivity contribution is 0.660. The second kappa shape index (κ2) is 8.67. The van der Waals surface area contributed by atoms with Crippen LogP contribution in [-0.2, 0) is 5.41 Å². The number of fused-ring (bicyclic) bond motifs is 6. The van der Waals surface area contributed by atoms with E-state index in [1.165, 1.54) is 42.4 Å². The molecule has 0 spiro atoms. The minimum atomic E-state index is -0.0391. The lowest BCUT2D eigenvalue weighted by Crippen LogP contribution is -2.14. The molecule has 1 aliphatic carbocycles. The first-order valence-corrected chi connectivity index (χ1v) is 14.4. The highest BCUT2D eigenvalue weighted by molar-refractivity contribution is 7.25. The third-order valence-electron chi connectivity index (χ3n) is 8.14. The molecule has 2 heterocycles. The summed E-state index contributed by atoms with van der Waals surface area (Å²) in [5, 5.41) is 2.50. The van der Waals surface area contributed by atoms with E-state index in [0.717, 1.165) is 16.7 Å². The minimum Gasteiger partial charge on any atom is -0.208 e. The first-order valence-electron chi connectivity index (χ1n) is 13.5. The zero-order chi connectivity index (χ0) is 26.8. The largest absolute Gasteiger partial charge is 0.208 e. The third kappa shape index (κ3) is 3.53. The maximum atomic E-state index is 5.07. The van der Waals surface area contributed by atoms with Gasteiger partial charge in [0.25, 0.3) is 0 Å². The van der Waals surface area contributed by atoms with Crippen molar-refractivity contribution in [3.8, 4) is 45.3 Å². The molecule has 0 radical (unpaired) electrons. The average molecular weight is 532 g/mol. The van der Waals surface area contributed by atoms with Gasteiger partial charge >= 0.3 is 0 Å². The maximum Gasteiger partial charge on any atom is 0.164 e. The van der Waals surface area contributed by atoms with Gasteiger partial charge in [0.05, 0.1) is 0 Å². The van der Waals surface area contributed by atoms with Gasteiger partial charge < -0.3 is 0 Å². The summed E-state index contributed by atoms with van der Waals surface area (Å²) in [7, 11) is 0. The van der Waals surface area contributed by atoms with Gasteiger partial charge in [-0.2, -0.15) is 0 Å². The fraction of sp³-hybridized carbons (Fsp3) is 0.0833. The van der Waals surface area contributed by atoms with E-state index in [1.807, 2.05) is 29.5 Å². The fourth-order valence-corrected chi connectivity index (χ4v) is 7.16. The van der Waals surface area contributed by atoms with Crippen LogP contribution in [0.3, 0.4) is 0 Å². The van der Waals surface area contributed by atoms with Crippen LogP contribution in [0.1, 0.15) is 25.0 Å². The quantitative estimate of drug-likeness (QED) is 0.228. The van der Waals surface area contributed by atoms with Crippen molar-refractivity contribution in [2.75, 3.05) is 0 Å². The van der Waals surface area contributed by atoms with E-state index in [2.05, 4.69) is 111 Å². The summed E-state index contributed by atoms with van der Waals surface area (Å²) in [5.74, 6) is 2.04. The van der Waals surface area contributed by atoms with E-state index in [9.17, 15) is 0 Å². The monoisotopic (exact) mass is 531 g/mol. The van der Waals surface area contributed by atoms with Crippen molar-refractivity contribution < 1.29 is 0 Å². The predicted octanol–water partition coefficient (Wildman–Crippen LogP) is 9.55. The van der Waals surface area contributed by atoms with Crippen LogP contribution in [0.5, 0.6) is 0 Å². The van der Waals surface area contributed by atoms with Gasteiger partial charge in [-0.05, 0) is 52.6 Å². The molecule has 4 heteroatoms. The van der Waals surface area contributed by atoms with Crippen molar-refractivity contribution in [2.24, 2.45) is 0 Å². The van der Waals surface area contributed by atoms with Crippen molar-refractivity contribution in [3.05, 3.63) is 126 Å². The van der Waals surface area contributed by atoms with Gasteiger partial charge in [0, 0.05) is 42.3 Å². The van der Waals surface area contributed by atoms with E-state index in [0.29, 0.717) is 17.5 Å². The maximum absolute atomic E-state index is 5.07. The number of rotatable bonds is 3. The van der Waals surface area contributed by atoms with Crippen LogP contribution in [0.4, 0.5) is 0 Å². The number of hydrogen-bond donors (Lipinski definition) is 0. The average Bonchev–Trinajstić information content (AvgIpc) is 3.49. The Morgan fingerprint density at radius 2 is 1.07 bits per heavy atom. The standard InChI is InChI=1S/C36H25N3S/c1-36(2)29-14-8-6-12-25(29)27-20-23(16-18-30(27)36)34-37-33(22-10-4-3-5-11-22)38-35(39-34)24-17-19-32-28(21-24)26-13-7-9-15-31(26)40-32/h3-21H,1-2H3. The predicted molar refractivity (Wildman–Crippen MR) is 167 cm³/mol. The van der Waals surface area contributed by atoms with Gasteiger partial charge in [-0.25, -0.2) is 15.0 Å². The van der Waals surface area contributed by atoms with E-state index in [4.69, 9.17) is 15.0 Å². The highest BCUT2D eigenvalue weighted by atomic mass is 32.1. The van der Waals surface area contributed by atoms with Crippen LogP contribution in [0.2, 0.25) is 0 Å². The van der Waals surface area contributed by atoms with Gasteiger partial charge in [0.15, 0.2) is 17.5 Å². The van der Waals surface area contributed by atoms with Crippen LogP contribution in [0, 0.1) is 0 Å². The Hall–Kier alpha value is -4.67. The lowest BCUT2D eigenvalue weighted by atomic mass is 9.82. The summed E-state index contributed by atoms with van der Waals surface area (Å²) in [6.07, 6.45) is 0. The van der Waals surface area contributed by atoms with Crippen LogP contribution >= 0.6 is 11.3 Å². The topological polar surface area (TPSA) is 38.7 Å². The van der Waals surface area contributed by atoms with Gasteiger partial charge in [0.1, 0.15) is 0 Å². The molecule has 8 rings (SSSR count). The molecule has 190 valence electrons. The van der Waals surface area contributed by atoms with E-state index < -0.39 is 0 Å². The molecule has 0 atom stereocenters. The SMILES string of the molecule is CC1(C)c2ccccc2-c2cc(-c3nc(-c4ccccc4)nc(-c4ccc5sc6ccccc6c5c4)n3)ccc21. The van der Waals surface area contributed by atoms with Gasteiger partial charge in [0.2, 0.25) is 0 Å². The summed E-state index contributed by atoms with van der Waals surface area (Å²) < 4.78 is 2.56. The van der Waals surface area contributed by atoms with Crippen LogP contribution in [0.25, 0.3) is 65.5 Å². The molecule has 0 unspecified atom stereocenters. The van der Waals surface area contributed by atoms with Gasteiger partial charge in [-0.1, -0.05) is 98.8 Å². The Balaban J connectivity index is 1.33. The Kier molecular flexibility index (Phi) is 5.04. The van der Waals surface area contributed by atoms with Crippen molar-refractivity contribution in [1.29, 1.82) is 0 Å². The molecule has 5 aromatic carbocycles. The molecule has 0 aliphatic heterocycles. The summed E-state index contributed by atoms with van der Waals surface area (Å²) in [6, 6.07) is 40.7. The van der Waals surface area contributed by atoms with Crippen molar-refractivity contribution >= 4 is 31.5 Å². The normalized spacial score (nSPS) is 13.4. The van der Waals surface area contributed by atoms with Crippen molar-refractivity contribution in [1.82, 2.24) is 15.0 Å². The van der Waals surface area contributed by atoms with Gasteiger partial charge in [-0.15, -0.1) is 11.3 Å². The first kappa shape index (κ1) is 23.2. The van der Waals surface area contributed by atoms with Crippen LogP contribution in [0.15, 0.2) is 115 Å². The molecule has 2 aromatic heterocycles. The number of aromatic nitrogens is 3. The van der Waals surface area contributed by atoms with E-state index >= 15 is 0 Å². The number of thiophene rings is 1. The van der Waals surface area contributed by atoms with E-state index in [-0.39, 0.29) is 5.41 Å². The molecule has 1 aliphatic rings. The summed E-state index contributed by atoms with van der Waals surface area (Å²) in [5.41, 5.74) is 8.16. The molecule has 0 amide bonds. The Morgan fingerprint density at radius 1 is 0.475 bits per heavy atom. The van der Waals surface area contributed by atoms with Crippen molar-refractivity contribution in [3.63, 3.8) is 0 Å². The van der Waals surface area contributed by atoms with Crippen LogP contribution in [-0.4, -0.2) is 15.0 Å². The molecular weight excluding hydrogens is 506 g/mol. The molecule has 0 N–H and O–H groups in total. The zero-order valence-electron chi connectivity index (χ0n) is 22.2. The molecule has 0 saturated carbocycles. The van der Waals surface area contributed by atoms with E-state index in [1.54, 1.807) is 0 Å². The summed E-state index contributed by atoms with van der Waals surface area (Å²) >= 11 is 1.82. The molecule has 7 aromatic rings. The number of hydrogen-bond acceptors (Lipinski definition) is 4. The Labute approximate surface area is 236 Å². The van der Waals surface area contributed by atoms with Gasteiger partial charge in [-0.3, -0.25) is 0 Å². The Bertz CT molecular complexity index is 2090. The molecule has 0 bridgehead atoms. The second-order valence-electron chi connectivity index (χ2n) is 10.9. The lowest BCUT2D eigenvalue weighted by Gasteiger charge is -2.21. The molecule has 40 heavy (non-hydrogen) atoms.